The number of thiol groups is 2. The van der Waals surface area contributed by atoms with Crippen LogP contribution in [0.15, 0.2) is 16.2 Å². The van der Waals surface area contributed by atoms with Crippen LogP contribution < -0.4 is 0 Å². The van der Waals surface area contributed by atoms with Gasteiger partial charge in [-0.1, -0.05) is 0 Å². The number of hydrogen-bond donors (Lipinski definition) is 4. The summed E-state index contributed by atoms with van der Waals surface area (Å²) in [4.78, 5) is 10.5. The summed E-state index contributed by atoms with van der Waals surface area (Å²) in [5, 5.41) is 10.7. The second-order valence-corrected chi connectivity index (χ2v) is 3.15. The molecule has 6 heteroatoms. The molecule has 2 aromatic heterocycles. The monoisotopic (exact) mass is 199 g/mol. The molecule has 0 unspecified atom stereocenters. The number of nitrogens with zero attached hydrogens (tertiary/aromatic N) is 2. The Morgan fingerprint density at radius 1 is 1.33 bits per heavy atom. The fourth-order valence-electron chi connectivity index (χ4n) is 0.968. The zero-order valence-corrected chi connectivity index (χ0v) is 7.60. The highest BCUT2D eigenvalue weighted by Crippen LogP contribution is 2.24. The van der Waals surface area contributed by atoms with Crippen molar-refractivity contribution in [1.82, 2.24) is 15.0 Å². The van der Waals surface area contributed by atoms with Gasteiger partial charge in [0, 0.05) is 0 Å². The van der Waals surface area contributed by atoms with Crippen molar-refractivity contribution in [3.8, 4) is 5.88 Å². The molecule has 2 N–H and O–H groups in total. The number of aromatic amines is 1. The molecule has 2 heterocycles. The Bertz CT molecular complexity index is 440. The van der Waals surface area contributed by atoms with Crippen molar-refractivity contribution in [3.63, 3.8) is 0 Å². The van der Waals surface area contributed by atoms with Crippen molar-refractivity contribution in [1.29, 1.82) is 0 Å². The Morgan fingerprint density at radius 3 is 2.83 bits per heavy atom. The lowest BCUT2D eigenvalue weighted by Gasteiger charge is -1.93. The maximum Gasteiger partial charge on any atom is 0.224 e. The van der Waals surface area contributed by atoms with Gasteiger partial charge in [-0.05, 0) is 6.07 Å². The van der Waals surface area contributed by atoms with Crippen LogP contribution in [0.2, 0.25) is 0 Å². The van der Waals surface area contributed by atoms with E-state index in [1.165, 1.54) is 0 Å². The van der Waals surface area contributed by atoms with Gasteiger partial charge in [0.2, 0.25) is 5.88 Å². The van der Waals surface area contributed by atoms with E-state index in [1.807, 2.05) is 0 Å². The summed E-state index contributed by atoms with van der Waals surface area (Å²) in [5.74, 6) is -0.0819. The molecule has 0 fully saturated rings. The number of aromatic nitrogens is 3. The molecule has 0 aliphatic heterocycles. The molecule has 0 spiro atoms. The van der Waals surface area contributed by atoms with Crippen molar-refractivity contribution >= 4 is 36.3 Å². The largest absolute Gasteiger partial charge is 0.493 e. The van der Waals surface area contributed by atoms with E-state index in [9.17, 15) is 5.11 Å². The molecule has 0 saturated carbocycles. The van der Waals surface area contributed by atoms with Crippen LogP contribution in [-0.4, -0.2) is 20.1 Å². The number of aromatic hydroxyl groups is 1. The SMILES string of the molecule is Oc1nc(S)nc2[nH]c(S)cc12. The predicted molar refractivity (Wildman–Crippen MR) is 50.1 cm³/mol. The van der Waals surface area contributed by atoms with E-state index in [2.05, 4.69) is 40.2 Å². The van der Waals surface area contributed by atoms with Crippen molar-refractivity contribution < 1.29 is 5.11 Å². The zero-order chi connectivity index (χ0) is 8.72. The van der Waals surface area contributed by atoms with Gasteiger partial charge in [-0.15, -0.1) is 25.3 Å². The Labute approximate surface area is 78.9 Å². The van der Waals surface area contributed by atoms with Gasteiger partial charge < -0.3 is 10.1 Å². The minimum atomic E-state index is -0.0819. The number of fused-ring (bicyclic) bond motifs is 1. The molecule has 2 rings (SSSR count). The van der Waals surface area contributed by atoms with Gasteiger partial charge in [0.15, 0.2) is 5.16 Å². The molecule has 0 aliphatic rings. The lowest BCUT2D eigenvalue weighted by Crippen LogP contribution is -1.84. The highest BCUT2D eigenvalue weighted by Gasteiger charge is 2.06. The smallest absolute Gasteiger partial charge is 0.224 e. The van der Waals surface area contributed by atoms with E-state index >= 15 is 0 Å². The lowest BCUT2D eigenvalue weighted by atomic mass is 10.4. The minimum Gasteiger partial charge on any atom is -0.493 e. The second-order valence-electron chi connectivity index (χ2n) is 2.26. The first kappa shape index (κ1) is 7.75. The average molecular weight is 199 g/mol. The van der Waals surface area contributed by atoms with Crippen LogP contribution >= 0.6 is 25.3 Å². The van der Waals surface area contributed by atoms with E-state index in [1.54, 1.807) is 6.07 Å². The summed E-state index contributed by atoms with van der Waals surface area (Å²) >= 11 is 7.98. The molecule has 12 heavy (non-hydrogen) atoms. The molecule has 0 radical (unpaired) electrons. The predicted octanol–water partition coefficient (Wildman–Crippen LogP) is 1.24. The first-order chi connectivity index (χ1) is 5.66. The molecule has 4 nitrogen and oxygen atoms in total. The van der Waals surface area contributed by atoms with Crippen LogP contribution in [0, 0.1) is 0 Å². The van der Waals surface area contributed by atoms with Crippen molar-refractivity contribution in [2.24, 2.45) is 0 Å². The van der Waals surface area contributed by atoms with Gasteiger partial charge in [0.05, 0.1) is 10.4 Å². The number of rotatable bonds is 0. The quantitative estimate of drug-likeness (QED) is 0.381. The second kappa shape index (κ2) is 2.56. The van der Waals surface area contributed by atoms with E-state index in [4.69, 9.17) is 0 Å². The zero-order valence-electron chi connectivity index (χ0n) is 5.81. The number of nitrogens with one attached hydrogen (secondary N) is 1. The van der Waals surface area contributed by atoms with E-state index in [0.717, 1.165) is 0 Å². The van der Waals surface area contributed by atoms with Gasteiger partial charge >= 0.3 is 0 Å². The maximum atomic E-state index is 9.31. The Hall–Kier alpha value is -0.880. The standard InChI is InChI=1S/C6H5N3OS2/c10-5-2-1-3(11)7-4(2)8-6(12)9-5/h1,11H,(H3,7,8,9,10,12). The molecule has 0 aromatic carbocycles. The summed E-state index contributed by atoms with van der Waals surface area (Å²) in [6, 6.07) is 1.65. The maximum absolute atomic E-state index is 9.31. The van der Waals surface area contributed by atoms with Crippen LogP contribution in [-0.2, 0) is 0 Å². The third-order valence-corrected chi connectivity index (χ3v) is 1.88. The first-order valence-electron chi connectivity index (χ1n) is 3.14. The van der Waals surface area contributed by atoms with Crippen molar-refractivity contribution in [2.45, 2.75) is 10.2 Å². The summed E-state index contributed by atoms with van der Waals surface area (Å²) in [5.41, 5.74) is 0.539. The molecular formula is C6H5N3OS2. The third-order valence-electron chi connectivity index (χ3n) is 1.44. The molecule has 0 atom stereocenters. The summed E-state index contributed by atoms with van der Waals surface area (Å²) in [6.07, 6.45) is 0. The summed E-state index contributed by atoms with van der Waals surface area (Å²) < 4.78 is 0. The van der Waals surface area contributed by atoms with Crippen LogP contribution in [0.3, 0.4) is 0 Å². The molecule has 62 valence electrons. The highest BCUT2D eigenvalue weighted by molar-refractivity contribution is 7.80. The van der Waals surface area contributed by atoms with Crippen LogP contribution in [0.4, 0.5) is 0 Å². The molecule has 0 bridgehead atoms. The lowest BCUT2D eigenvalue weighted by molar-refractivity contribution is 0.453. The van der Waals surface area contributed by atoms with Crippen LogP contribution in [0.25, 0.3) is 11.0 Å². The topological polar surface area (TPSA) is 61.8 Å². The van der Waals surface area contributed by atoms with Gasteiger partial charge in [-0.2, -0.15) is 4.98 Å². The molecule has 0 aliphatic carbocycles. The fourth-order valence-corrected chi connectivity index (χ4v) is 1.40. The third kappa shape index (κ3) is 1.12. The van der Waals surface area contributed by atoms with Gasteiger partial charge in [0.1, 0.15) is 5.65 Å². The van der Waals surface area contributed by atoms with E-state index < -0.39 is 0 Å². The summed E-state index contributed by atoms with van der Waals surface area (Å²) in [7, 11) is 0. The highest BCUT2D eigenvalue weighted by atomic mass is 32.1. The molecule has 0 amide bonds. The number of H-pyrrole nitrogens is 1. The Balaban J connectivity index is 2.88. The molecular weight excluding hydrogens is 194 g/mol. The Morgan fingerprint density at radius 2 is 2.08 bits per heavy atom. The van der Waals surface area contributed by atoms with Gasteiger partial charge in [-0.3, -0.25) is 0 Å². The van der Waals surface area contributed by atoms with E-state index in [0.29, 0.717) is 16.1 Å². The fraction of sp³-hybridized carbons (Fsp3) is 0. The van der Waals surface area contributed by atoms with Crippen molar-refractivity contribution in [3.05, 3.63) is 6.07 Å². The van der Waals surface area contributed by atoms with Crippen LogP contribution in [0.1, 0.15) is 0 Å². The molecule has 0 saturated heterocycles. The average Bonchev–Trinajstić information content (AvgIpc) is 2.29. The first-order valence-corrected chi connectivity index (χ1v) is 4.04. The van der Waals surface area contributed by atoms with Gasteiger partial charge in [-0.25, -0.2) is 4.98 Å². The van der Waals surface area contributed by atoms with Gasteiger partial charge in [0.25, 0.3) is 0 Å². The molecule has 2 aromatic rings. The number of hydrogen-bond acceptors (Lipinski definition) is 5. The summed E-state index contributed by atoms with van der Waals surface area (Å²) in [6.45, 7) is 0. The minimum absolute atomic E-state index is 0.0819. The normalized spacial score (nSPS) is 10.8. The van der Waals surface area contributed by atoms with Crippen molar-refractivity contribution in [2.75, 3.05) is 0 Å². The van der Waals surface area contributed by atoms with E-state index in [-0.39, 0.29) is 11.0 Å². The Kier molecular flexibility index (Phi) is 1.66. The van der Waals surface area contributed by atoms with Crippen LogP contribution in [0.5, 0.6) is 5.88 Å².